The molecule has 2 aliphatic rings. The predicted octanol–water partition coefficient (Wildman–Crippen LogP) is 3.16. The van der Waals surface area contributed by atoms with Crippen LogP contribution in [0.15, 0.2) is 18.2 Å². The van der Waals surface area contributed by atoms with Gasteiger partial charge in [0.25, 0.3) is 0 Å². The quantitative estimate of drug-likeness (QED) is 0.841. The fraction of sp³-hybridized carbons (Fsp3) is 0.600. The molecule has 0 saturated heterocycles. The number of nitrogens with one attached hydrogen (secondary N) is 1. The van der Waals surface area contributed by atoms with Crippen LogP contribution in [0, 0.1) is 17.8 Å². The second-order valence-corrected chi connectivity index (χ2v) is 7.53. The van der Waals surface area contributed by atoms with Gasteiger partial charge in [-0.2, -0.15) is 0 Å². The summed E-state index contributed by atoms with van der Waals surface area (Å²) in [5, 5.41) is 12.4. The van der Waals surface area contributed by atoms with Crippen LogP contribution in [-0.2, 0) is 9.59 Å². The number of hydrogen-bond acceptors (Lipinski definition) is 4. The number of rotatable bonds is 5. The molecule has 2 N–H and O–H groups in total. The van der Waals surface area contributed by atoms with Gasteiger partial charge in [0.1, 0.15) is 13.2 Å². The van der Waals surface area contributed by atoms with Gasteiger partial charge in [-0.05, 0) is 42.9 Å². The molecule has 3 atom stereocenters. The number of ether oxygens (including phenoxy) is 2. The van der Waals surface area contributed by atoms with E-state index in [9.17, 15) is 14.7 Å². The molecule has 1 aliphatic carbocycles. The second-order valence-electron chi connectivity index (χ2n) is 7.53. The van der Waals surface area contributed by atoms with Crippen LogP contribution in [0.25, 0.3) is 0 Å². The minimum absolute atomic E-state index is 0.0514. The third-order valence-corrected chi connectivity index (χ3v) is 5.28. The Labute approximate surface area is 153 Å². The van der Waals surface area contributed by atoms with E-state index >= 15 is 0 Å². The summed E-state index contributed by atoms with van der Waals surface area (Å²) in [5.74, 6) is 0.136. The van der Waals surface area contributed by atoms with Crippen molar-refractivity contribution < 1.29 is 24.2 Å². The van der Waals surface area contributed by atoms with Gasteiger partial charge in [0, 0.05) is 5.92 Å². The topological polar surface area (TPSA) is 84.9 Å². The van der Waals surface area contributed by atoms with Gasteiger partial charge in [-0.25, -0.2) is 0 Å². The maximum atomic E-state index is 12.8. The zero-order valence-corrected chi connectivity index (χ0v) is 15.4. The Kier molecular flexibility index (Phi) is 5.69. The Balaban J connectivity index is 1.72. The largest absolute Gasteiger partial charge is 0.486 e. The van der Waals surface area contributed by atoms with Crippen LogP contribution in [0.5, 0.6) is 11.5 Å². The smallest absolute Gasteiger partial charge is 0.306 e. The number of carbonyl (C=O) groups excluding carboxylic acids is 1. The standard InChI is InChI=1S/C20H27NO5/c1-12(2)18(13-6-7-16-17(11-13)26-9-8-25-16)21-19(22)14-4-3-5-15(10-14)20(23)24/h6-7,11-12,14-15,18H,3-5,8-10H2,1-2H3,(H,21,22)(H,23,24). The third-order valence-electron chi connectivity index (χ3n) is 5.28. The molecule has 1 aromatic rings. The molecule has 1 heterocycles. The van der Waals surface area contributed by atoms with Gasteiger partial charge in [-0.15, -0.1) is 0 Å². The number of carbonyl (C=O) groups is 2. The van der Waals surface area contributed by atoms with Gasteiger partial charge in [0.05, 0.1) is 12.0 Å². The van der Waals surface area contributed by atoms with E-state index in [1.165, 1.54) is 0 Å². The van der Waals surface area contributed by atoms with Crippen LogP contribution in [0.3, 0.4) is 0 Å². The number of benzene rings is 1. The van der Waals surface area contributed by atoms with Crippen molar-refractivity contribution in [1.82, 2.24) is 5.32 Å². The molecular weight excluding hydrogens is 334 g/mol. The van der Waals surface area contributed by atoms with Crippen LogP contribution < -0.4 is 14.8 Å². The van der Waals surface area contributed by atoms with E-state index in [0.717, 1.165) is 24.2 Å². The summed E-state index contributed by atoms with van der Waals surface area (Å²) in [5.41, 5.74) is 0.975. The lowest BCUT2D eigenvalue weighted by Crippen LogP contribution is -2.39. The first kappa shape index (κ1) is 18.5. The summed E-state index contributed by atoms with van der Waals surface area (Å²) in [6, 6.07) is 5.62. The van der Waals surface area contributed by atoms with Crippen molar-refractivity contribution in [2.24, 2.45) is 17.8 Å². The highest BCUT2D eigenvalue weighted by Crippen LogP contribution is 2.35. The molecule has 1 aliphatic heterocycles. The van der Waals surface area contributed by atoms with Crippen LogP contribution >= 0.6 is 0 Å². The fourth-order valence-electron chi connectivity index (χ4n) is 3.81. The molecule has 142 valence electrons. The van der Waals surface area contributed by atoms with E-state index in [-0.39, 0.29) is 23.8 Å². The SMILES string of the molecule is CC(C)C(NC(=O)C1CCCC(C(=O)O)C1)c1ccc2c(c1)OCCO2. The highest BCUT2D eigenvalue weighted by Gasteiger charge is 2.32. The zero-order valence-electron chi connectivity index (χ0n) is 15.4. The van der Waals surface area contributed by atoms with Crippen molar-refractivity contribution in [2.45, 2.75) is 45.6 Å². The Morgan fingerprint density at radius 1 is 1.12 bits per heavy atom. The van der Waals surface area contributed by atoms with Gasteiger partial charge in [-0.3, -0.25) is 9.59 Å². The van der Waals surface area contributed by atoms with Crippen molar-refractivity contribution in [3.63, 3.8) is 0 Å². The molecule has 3 unspecified atom stereocenters. The number of fused-ring (bicyclic) bond motifs is 1. The molecule has 1 aromatic carbocycles. The predicted molar refractivity (Wildman–Crippen MR) is 96.2 cm³/mol. The molecule has 6 nitrogen and oxygen atoms in total. The van der Waals surface area contributed by atoms with E-state index in [2.05, 4.69) is 19.2 Å². The summed E-state index contributed by atoms with van der Waals surface area (Å²) >= 11 is 0. The molecule has 0 aromatic heterocycles. The van der Waals surface area contributed by atoms with Crippen molar-refractivity contribution in [2.75, 3.05) is 13.2 Å². The highest BCUT2D eigenvalue weighted by atomic mass is 16.6. The van der Waals surface area contributed by atoms with Crippen LogP contribution in [0.4, 0.5) is 0 Å². The summed E-state index contributed by atoms with van der Waals surface area (Å²) in [6.07, 6.45) is 2.62. The van der Waals surface area contributed by atoms with Crippen LogP contribution in [0.2, 0.25) is 0 Å². The van der Waals surface area contributed by atoms with Crippen LogP contribution in [0.1, 0.15) is 51.1 Å². The van der Waals surface area contributed by atoms with E-state index in [1.54, 1.807) is 0 Å². The van der Waals surface area contributed by atoms with Gasteiger partial charge in [0.15, 0.2) is 11.5 Å². The molecular formula is C20H27NO5. The van der Waals surface area contributed by atoms with Crippen LogP contribution in [-0.4, -0.2) is 30.2 Å². The molecule has 3 rings (SSSR count). The first-order valence-electron chi connectivity index (χ1n) is 9.38. The van der Waals surface area contributed by atoms with E-state index in [4.69, 9.17) is 9.47 Å². The first-order valence-corrected chi connectivity index (χ1v) is 9.38. The second kappa shape index (κ2) is 7.98. The lowest BCUT2D eigenvalue weighted by molar-refractivity contribution is -0.144. The maximum Gasteiger partial charge on any atom is 0.306 e. The molecule has 0 spiro atoms. The Hall–Kier alpha value is -2.24. The van der Waals surface area contributed by atoms with Crippen molar-refractivity contribution in [3.8, 4) is 11.5 Å². The molecule has 0 radical (unpaired) electrons. The average Bonchev–Trinajstić information content (AvgIpc) is 2.65. The van der Waals surface area contributed by atoms with Gasteiger partial charge < -0.3 is 19.9 Å². The number of hydrogen-bond donors (Lipinski definition) is 2. The summed E-state index contributed by atoms with van der Waals surface area (Å²) in [7, 11) is 0. The minimum atomic E-state index is -0.797. The minimum Gasteiger partial charge on any atom is -0.486 e. The molecule has 1 saturated carbocycles. The lowest BCUT2D eigenvalue weighted by Gasteiger charge is -2.30. The average molecular weight is 361 g/mol. The summed E-state index contributed by atoms with van der Waals surface area (Å²) in [6.45, 7) is 5.18. The molecule has 1 amide bonds. The highest BCUT2D eigenvalue weighted by molar-refractivity contribution is 5.80. The maximum absolute atomic E-state index is 12.8. The van der Waals surface area contributed by atoms with E-state index in [0.29, 0.717) is 31.8 Å². The van der Waals surface area contributed by atoms with Gasteiger partial charge in [-0.1, -0.05) is 26.3 Å². The number of amides is 1. The number of carboxylic acids is 1. The van der Waals surface area contributed by atoms with E-state index < -0.39 is 11.9 Å². The van der Waals surface area contributed by atoms with Gasteiger partial charge in [0.2, 0.25) is 5.91 Å². The zero-order chi connectivity index (χ0) is 18.7. The van der Waals surface area contributed by atoms with Crippen molar-refractivity contribution in [1.29, 1.82) is 0 Å². The Morgan fingerprint density at radius 2 is 1.81 bits per heavy atom. The number of aliphatic carboxylic acids is 1. The molecule has 6 heteroatoms. The first-order chi connectivity index (χ1) is 12.5. The monoisotopic (exact) mass is 361 g/mol. The normalized spacial score (nSPS) is 23.3. The van der Waals surface area contributed by atoms with Crippen molar-refractivity contribution in [3.05, 3.63) is 23.8 Å². The molecule has 26 heavy (non-hydrogen) atoms. The summed E-state index contributed by atoms with van der Waals surface area (Å²) < 4.78 is 11.2. The Bertz CT molecular complexity index is 672. The summed E-state index contributed by atoms with van der Waals surface area (Å²) in [4.78, 5) is 24.0. The lowest BCUT2D eigenvalue weighted by atomic mass is 9.80. The van der Waals surface area contributed by atoms with E-state index in [1.807, 2.05) is 18.2 Å². The molecule has 0 bridgehead atoms. The third kappa shape index (κ3) is 4.11. The van der Waals surface area contributed by atoms with Crippen molar-refractivity contribution >= 4 is 11.9 Å². The number of carboxylic acid groups (broad SMARTS) is 1. The Morgan fingerprint density at radius 3 is 2.50 bits per heavy atom. The molecule has 1 fully saturated rings. The fourth-order valence-corrected chi connectivity index (χ4v) is 3.81. The van der Waals surface area contributed by atoms with Gasteiger partial charge >= 0.3 is 5.97 Å².